The van der Waals surface area contributed by atoms with Gasteiger partial charge in [0, 0.05) is 0 Å². The van der Waals surface area contributed by atoms with Crippen LogP contribution in [0.15, 0.2) is 106 Å². The molecule has 0 aliphatic heterocycles. The summed E-state index contributed by atoms with van der Waals surface area (Å²) in [5.74, 6) is 0. The first kappa shape index (κ1) is 22.1. The number of hydrogen-bond acceptors (Lipinski definition) is 1. The maximum atomic E-state index is 13.0. The van der Waals surface area contributed by atoms with Crippen molar-refractivity contribution in [2.45, 2.75) is 32.6 Å². The number of hydrogen-bond donors (Lipinski definition) is 0. The minimum atomic E-state index is -1.73. The van der Waals surface area contributed by atoms with Crippen molar-refractivity contribution in [3.8, 4) is 0 Å². The van der Waals surface area contributed by atoms with Crippen molar-refractivity contribution >= 4 is 43.0 Å². The molecule has 0 heterocycles. The van der Waals surface area contributed by atoms with E-state index < -0.39 is 14.7 Å². The number of aryl methyl sites for hydroxylation is 1. The van der Waals surface area contributed by atoms with Crippen LogP contribution in [-0.4, -0.2) is 34.3 Å². The molecular weight excluding hydrogens is 506 g/mol. The molecule has 156 valence electrons. The van der Waals surface area contributed by atoms with Crippen LogP contribution in [0.2, 0.25) is 0 Å². The number of carbonyl (C=O) groups is 1. The molecule has 0 amide bonds. The van der Waals surface area contributed by atoms with Crippen LogP contribution in [0, 0.1) is 6.92 Å². The monoisotopic (exact) mass is 534 g/mol. The summed E-state index contributed by atoms with van der Waals surface area (Å²) in [5, 5.41) is 0. The first-order valence-electron chi connectivity index (χ1n) is 10.8. The zero-order chi connectivity index (χ0) is 21.5. The first-order valence-corrected chi connectivity index (χ1v) is 15.5. The third-order valence-electron chi connectivity index (χ3n) is 5.45. The molecule has 0 bridgehead atoms. The van der Waals surface area contributed by atoms with Crippen LogP contribution in [0.5, 0.6) is 0 Å². The van der Waals surface area contributed by atoms with Gasteiger partial charge in [-0.3, -0.25) is 0 Å². The fourth-order valence-electron chi connectivity index (χ4n) is 3.79. The van der Waals surface area contributed by atoms with Crippen LogP contribution in [0.4, 0.5) is 0 Å². The molecule has 3 heteroatoms. The molecule has 0 saturated carbocycles. The van der Waals surface area contributed by atoms with Gasteiger partial charge in [0.1, 0.15) is 0 Å². The summed E-state index contributed by atoms with van der Waals surface area (Å²) in [4.78, 5) is 15.3. The Labute approximate surface area is 196 Å². The van der Waals surface area contributed by atoms with E-state index in [0.29, 0.717) is 0 Å². The molecule has 3 aromatic rings. The Bertz CT molecular complexity index is 1030. The van der Waals surface area contributed by atoms with Gasteiger partial charge in [-0.15, -0.1) is 0 Å². The van der Waals surface area contributed by atoms with Crippen LogP contribution in [0.1, 0.15) is 41.6 Å². The van der Waals surface area contributed by atoms with E-state index >= 15 is 0 Å². The molecule has 0 spiro atoms. The molecule has 0 fully saturated rings. The molecule has 0 unspecified atom stereocenters. The second-order valence-corrected chi connectivity index (χ2v) is 14.1. The fourth-order valence-corrected chi connectivity index (χ4v) is 11.9. The summed E-state index contributed by atoms with van der Waals surface area (Å²) in [5.41, 5.74) is 3.50. The molecule has 3 aromatic carbocycles. The summed E-state index contributed by atoms with van der Waals surface area (Å²) < 4.78 is 4.58. The first-order chi connectivity index (χ1) is 15.2. The zero-order valence-electron chi connectivity index (χ0n) is 17.8. The van der Waals surface area contributed by atoms with Crippen LogP contribution >= 0.6 is 0 Å². The van der Waals surface area contributed by atoms with Gasteiger partial charge >= 0.3 is 197 Å². The number of allylic oxidation sites excluding steroid dienone is 3. The summed E-state index contributed by atoms with van der Waals surface area (Å²) in [6, 6.07) is 29.9. The molecule has 1 aliphatic rings. The summed E-state index contributed by atoms with van der Waals surface area (Å²) in [7, 11) is 0. The van der Waals surface area contributed by atoms with Crippen molar-refractivity contribution in [1.82, 2.24) is 0 Å². The molecule has 0 saturated heterocycles. The van der Waals surface area contributed by atoms with Gasteiger partial charge in [-0.1, -0.05) is 0 Å². The van der Waals surface area contributed by atoms with E-state index in [2.05, 4.69) is 78.6 Å². The minimum absolute atomic E-state index is 0.209. The normalized spacial score (nSPS) is 14.4. The Hall–Kier alpha value is -2.11. The van der Waals surface area contributed by atoms with Gasteiger partial charge in [-0.2, -0.15) is 0 Å². The molecule has 1 nitrogen and oxygen atoms in total. The van der Waals surface area contributed by atoms with Gasteiger partial charge in [-0.05, 0) is 0 Å². The van der Waals surface area contributed by atoms with Crippen molar-refractivity contribution in [1.29, 1.82) is 0 Å². The van der Waals surface area contributed by atoms with Gasteiger partial charge in [0.25, 0.3) is 0 Å². The van der Waals surface area contributed by atoms with Crippen LogP contribution < -0.4 is 8.70 Å². The summed E-state index contributed by atoms with van der Waals surface area (Å²) in [6.45, 7) is 2.06. The standard InChI is InChI=1S/C28H27AsOSe/c1-22-17-19-24(20-18-22)28(30)31-21-27(23-11-5-2-6-12-23)29(25-13-7-3-8-14-25)26-15-9-4-10-16-26/h3-4,7-11,13-21H,2,5-6,12H2,1H3/b27-21+. The molecule has 0 atom stereocenters. The average Bonchev–Trinajstić information content (AvgIpc) is 2.83. The zero-order valence-corrected chi connectivity index (χ0v) is 21.4. The second-order valence-electron chi connectivity index (χ2n) is 7.76. The molecule has 0 radical (unpaired) electrons. The van der Waals surface area contributed by atoms with Gasteiger partial charge in [0.15, 0.2) is 0 Å². The molecule has 31 heavy (non-hydrogen) atoms. The second kappa shape index (κ2) is 11.0. The van der Waals surface area contributed by atoms with E-state index in [1.807, 2.05) is 24.3 Å². The quantitative estimate of drug-likeness (QED) is 0.388. The third kappa shape index (κ3) is 5.78. The predicted molar refractivity (Wildman–Crippen MR) is 134 cm³/mol. The molecule has 0 N–H and O–H groups in total. The van der Waals surface area contributed by atoms with Crippen LogP contribution in [0.3, 0.4) is 0 Å². The van der Waals surface area contributed by atoms with E-state index in [9.17, 15) is 4.79 Å². The summed E-state index contributed by atoms with van der Waals surface area (Å²) in [6.07, 6.45) is 7.24. The molecule has 0 aromatic heterocycles. The fraction of sp³-hybridized carbons (Fsp3) is 0.179. The van der Waals surface area contributed by atoms with Crippen molar-refractivity contribution in [2.24, 2.45) is 0 Å². The Balaban J connectivity index is 1.75. The molecule has 4 rings (SSSR count). The Morgan fingerprint density at radius 2 is 1.45 bits per heavy atom. The third-order valence-corrected chi connectivity index (χ3v) is 13.3. The van der Waals surface area contributed by atoms with Crippen molar-refractivity contribution < 1.29 is 4.79 Å². The Morgan fingerprint density at radius 3 is 2.00 bits per heavy atom. The van der Waals surface area contributed by atoms with Crippen molar-refractivity contribution in [2.75, 3.05) is 0 Å². The van der Waals surface area contributed by atoms with Crippen LogP contribution in [-0.2, 0) is 0 Å². The molecule has 1 aliphatic carbocycles. The van der Waals surface area contributed by atoms with E-state index in [4.69, 9.17) is 0 Å². The number of rotatable bonds is 7. The Morgan fingerprint density at radius 1 is 0.839 bits per heavy atom. The summed E-state index contributed by atoms with van der Waals surface area (Å²) >= 11 is -1.94. The van der Waals surface area contributed by atoms with Crippen molar-refractivity contribution in [3.05, 3.63) is 117 Å². The van der Waals surface area contributed by atoms with E-state index in [1.54, 1.807) is 0 Å². The van der Waals surface area contributed by atoms with Gasteiger partial charge < -0.3 is 0 Å². The van der Waals surface area contributed by atoms with E-state index in [-0.39, 0.29) is 19.6 Å². The topological polar surface area (TPSA) is 17.1 Å². The maximum absolute atomic E-state index is 13.0. The predicted octanol–water partition coefficient (Wildman–Crippen LogP) is 5.07. The van der Waals surface area contributed by atoms with Crippen LogP contribution in [0.25, 0.3) is 0 Å². The van der Waals surface area contributed by atoms with Crippen molar-refractivity contribution in [3.63, 3.8) is 0 Å². The van der Waals surface area contributed by atoms with Gasteiger partial charge in [0.2, 0.25) is 0 Å². The average molecular weight is 533 g/mol. The van der Waals surface area contributed by atoms with Gasteiger partial charge in [-0.25, -0.2) is 0 Å². The molecular formula is C28H27AsOSe. The van der Waals surface area contributed by atoms with Gasteiger partial charge in [0.05, 0.1) is 0 Å². The van der Waals surface area contributed by atoms with E-state index in [0.717, 1.165) is 18.4 Å². The Kier molecular flexibility index (Phi) is 7.81. The number of benzene rings is 3. The number of carbonyl (C=O) groups excluding carboxylic acids is 1. The van der Waals surface area contributed by atoms with E-state index in [1.165, 1.54) is 37.0 Å². The SMILES string of the molecule is Cc1ccc(C(=O)[Se]/C=C(\C2=CCCCC2)[As](c2ccccc2)c2ccccc2)cc1.